The zero-order valence-corrected chi connectivity index (χ0v) is 17.6. The number of nitrogens with zero attached hydrogens (tertiary/aromatic N) is 2. The van der Waals surface area contributed by atoms with Gasteiger partial charge in [0.1, 0.15) is 16.3 Å². The van der Waals surface area contributed by atoms with Crippen LogP contribution in [0.2, 0.25) is 10.0 Å². The average Bonchev–Trinajstić information content (AvgIpc) is 3.13. The number of aryl methyl sites for hydroxylation is 1. The predicted octanol–water partition coefficient (Wildman–Crippen LogP) is 6.77. The van der Waals surface area contributed by atoms with Gasteiger partial charge >= 0.3 is 0 Å². The Bertz CT molecular complexity index is 1140. The molecule has 26 heavy (non-hydrogen) atoms. The van der Waals surface area contributed by atoms with Gasteiger partial charge < -0.3 is 0 Å². The highest BCUT2D eigenvalue weighted by atomic mass is 35.5. The molecule has 2 heterocycles. The summed E-state index contributed by atoms with van der Waals surface area (Å²) in [5.41, 5.74) is 3.46. The fourth-order valence-electron chi connectivity index (χ4n) is 3.06. The predicted molar refractivity (Wildman–Crippen MR) is 115 cm³/mol. The van der Waals surface area contributed by atoms with Crippen molar-refractivity contribution in [2.24, 2.45) is 0 Å². The van der Waals surface area contributed by atoms with Gasteiger partial charge in [-0.15, -0.1) is 11.3 Å². The summed E-state index contributed by atoms with van der Waals surface area (Å²) in [7, 11) is 0. The van der Waals surface area contributed by atoms with Crippen molar-refractivity contribution in [1.29, 1.82) is 0 Å². The number of allylic oxidation sites excluding steroid dienone is 1. The smallest absolute Gasteiger partial charge is 0.237 e. The molecule has 0 aliphatic rings. The molecule has 0 bridgehead atoms. The number of hydrogen-bond donors (Lipinski definition) is 0. The van der Waals surface area contributed by atoms with Gasteiger partial charge in [-0.2, -0.15) is 4.57 Å². The van der Waals surface area contributed by atoms with Crippen LogP contribution < -0.4 is 4.57 Å². The van der Waals surface area contributed by atoms with Gasteiger partial charge in [0, 0.05) is 16.1 Å². The van der Waals surface area contributed by atoms with E-state index in [9.17, 15) is 0 Å². The van der Waals surface area contributed by atoms with Crippen LogP contribution in [-0.2, 0) is 13.0 Å². The van der Waals surface area contributed by atoms with Crippen molar-refractivity contribution in [3.8, 4) is 0 Å². The Balaban J connectivity index is 1.67. The quantitative estimate of drug-likeness (QED) is 0.333. The van der Waals surface area contributed by atoms with Crippen LogP contribution in [0.15, 0.2) is 42.0 Å². The number of rotatable bonds is 4. The SMILES string of the molecule is CC[n+]1c(CC(C)=Cc2nc3cc(Cl)ccc3s2)sc2ccc(Cl)cc21. The monoisotopic (exact) mass is 419 g/mol. The van der Waals surface area contributed by atoms with Crippen molar-refractivity contribution in [3.63, 3.8) is 0 Å². The maximum absolute atomic E-state index is 6.18. The van der Waals surface area contributed by atoms with Crippen LogP contribution in [0.1, 0.15) is 23.9 Å². The molecule has 0 atom stereocenters. The molecule has 0 N–H and O–H groups in total. The van der Waals surface area contributed by atoms with Crippen LogP contribution in [0.4, 0.5) is 0 Å². The fraction of sp³-hybridized carbons (Fsp3) is 0.200. The summed E-state index contributed by atoms with van der Waals surface area (Å²) in [5.74, 6) is 0. The largest absolute Gasteiger partial charge is 0.242 e. The molecule has 0 aliphatic heterocycles. The van der Waals surface area contributed by atoms with E-state index in [2.05, 4.69) is 41.6 Å². The highest BCUT2D eigenvalue weighted by Gasteiger charge is 2.19. The summed E-state index contributed by atoms with van der Waals surface area (Å²) < 4.78 is 4.78. The summed E-state index contributed by atoms with van der Waals surface area (Å²) in [4.78, 5) is 4.69. The molecule has 0 aliphatic carbocycles. The molecule has 2 aromatic carbocycles. The Morgan fingerprint density at radius 2 is 1.81 bits per heavy atom. The van der Waals surface area contributed by atoms with E-state index >= 15 is 0 Å². The van der Waals surface area contributed by atoms with Crippen molar-refractivity contribution in [3.05, 3.63) is 62.0 Å². The van der Waals surface area contributed by atoms with Gasteiger partial charge in [0.05, 0.1) is 16.6 Å². The number of fused-ring (bicyclic) bond motifs is 2. The first-order valence-electron chi connectivity index (χ1n) is 8.37. The molecule has 0 unspecified atom stereocenters. The highest BCUT2D eigenvalue weighted by Crippen LogP contribution is 2.28. The van der Waals surface area contributed by atoms with Crippen LogP contribution >= 0.6 is 45.9 Å². The van der Waals surface area contributed by atoms with Crippen LogP contribution in [-0.4, -0.2) is 4.98 Å². The van der Waals surface area contributed by atoms with Gasteiger partial charge in [0.25, 0.3) is 0 Å². The van der Waals surface area contributed by atoms with Crippen molar-refractivity contribution >= 4 is 72.4 Å². The second-order valence-electron chi connectivity index (χ2n) is 6.18. The Morgan fingerprint density at radius 3 is 2.58 bits per heavy atom. The maximum atomic E-state index is 6.18. The second-order valence-corrected chi connectivity index (χ2v) is 9.23. The topological polar surface area (TPSA) is 16.8 Å². The van der Waals surface area contributed by atoms with E-state index in [-0.39, 0.29) is 0 Å². The lowest BCUT2D eigenvalue weighted by atomic mass is 10.2. The molecule has 0 saturated carbocycles. The number of hydrogen-bond acceptors (Lipinski definition) is 3. The first-order valence-corrected chi connectivity index (χ1v) is 10.8. The molecule has 4 aromatic rings. The average molecular weight is 420 g/mol. The molecule has 0 amide bonds. The lowest BCUT2D eigenvalue weighted by Gasteiger charge is -1.97. The first kappa shape index (κ1) is 17.9. The summed E-state index contributed by atoms with van der Waals surface area (Å²) in [6.45, 7) is 5.27. The Labute approximate surface area is 170 Å². The van der Waals surface area contributed by atoms with E-state index in [0.29, 0.717) is 0 Å². The molecule has 132 valence electrons. The van der Waals surface area contributed by atoms with Crippen molar-refractivity contribution < 1.29 is 4.57 Å². The van der Waals surface area contributed by atoms with E-state index in [1.807, 2.05) is 35.6 Å². The molecular formula is C20H17Cl2N2S2+. The lowest BCUT2D eigenvalue weighted by molar-refractivity contribution is -0.670. The third-order valence-corrected chi connectivity index (χ3v) is 6.84. The first-order chi connectivity index (χ1) is 12.5. The molecule has 0 spiro atoms. The number of halogens is 2. The molecule has 2 aromatic heterocycles. The summed E-state index contributed by atoms with van der Waals surface area (Å²) in [5, 5.41) is 3.86. The van der Waals surface area contributed by atoms with Gasteiger partial charge in [-0.05, 0) is 50.3 Å². The fourth-order valence-corrected chi connectivity index (χ4v) is 5.67. The van der Waals surface area contributed by atoms with Gasteiger partial charge in [-0.25, -0.2) is 4.98 Å². The van der Waals surface area contributed by atoms with Crippen LogP contribution in [0.25, 0.3) is 26.5 Å². The van der Waals surface area contributed by atoms with Gasteiger partial charge in [-0.1, -0.05) is 40.1 Å². The van der Waals surface area contributed by atoms with E-state index in [1.165, 1.54) is 20.8 Å². The molecule has 0 radical (unpaired) electrons. The van der Waals surface area contributed by atoms with Crippen molar-refractivity contribution in [2.75, 3.05) is 0 Å². The number of thiazole rings is 2. The number of benzene rings is 2. The van der Waals surface area contributed by atoms with E-state index in [4.69, 9.17) is 23.2 Å². The zero-order chi connectivity index (χ0) is 18.3. The molecular weight excluding hydrogens is 403 g/mol. The maximum Gasteiger partial charge on any atom is 0.242 e. The molecule has 0 saturated heterocycles. The Hall–Kier alpha value is -1.46. The normalized spacial score (nSPS) is 12.4. The Kier molecular flexibility index (Phi) is 5.02. The summed E-state index contributed by atoms with van der Waals surface area (Å²) in [6.07, 6.45) is 3.08. The van der Waals surface area contributed by atoms with E-state index in [0.717, 1.165) is 38.2 Å². The Morgan fingerprint density at radius 1 is 1.08 bits per heavy atom. The zero-order valence-electron chi connectivity index (χ0n) is 14.4. The van der Waals surface area contributed by atoms with Crippen LogP contribution in [0.5, 0.6) is 0 Å². The summed E-state index contributed by atoms with van der Waals surface area (Å²) >= 11 is 15.8. The molecule has 2 nitrogen and oxygen atoms in total. The minimum Gasteiger partial charge on any atom is -0.237 e. The van der Waals surface area contributed by atoms with Crippen LogP contribution in [0, 0.1) is 0 Å². The van der Waals surface area contributed by atoms with Crippen molar-refractivity contribution in [1.82, 2.24) is 4.98 Å². The second kappa shape index (κ2) is 7.28. The minimum absolute atomic E-state index is 0.725. The molecule has 0 fully saturated rings. The van der Waals surface area contributed by atoms with E-state index < -0.39 is 0 Å². The third-order valence-electron chi connectivity index (χ3n) is 4.22. The third kappa shape index (κ3) is 3.52. The van der Waals surface area contributed by atoms with Crippen LogP contribution in [0.3, 0.4) is 0 Å². The number of aromatic nitrogens is 2. The minimum atomic E-state index is 0.725. The van der Waals surface area contributed by atoms with Gasteiger partial charge in [-0.3, -0.25) is 0 Å². The van der Waals surface area contributed by atoms with Crippen molar-refractivity contribution in [2.45, 2.75) is 26.8 Å². The highest BCUT2D eigenvalue weighted by molar-refractivity contribution is 7.19. The van der Waals surface area contributed by atoms with Gasteiger partial charge in [0.2, 0.25) is 10.5 Å². The summed E-state index contributed by atoms with van der Waals surface area (Å²) in [6, 6.07) is 12.0. The molecule has 4 rings (SSSR count). The van der Waals surface area contributed by atoms with E-state index in [1.54, 1.807) is 11.3 Å². The standard InChI is InChI=1S/C20H17Cl2N2S2/c1-3-24-16-11-14(22)5-7-18(16)26-20(24)9-12(2)8-19-23-15-10-13(21)4-6-17(15)25-19/h4-8,10-11H,3,9H2,1-2H3/q+1. The molecule has 6 heteroatoms. The lowest BCUT2D eigenvalue weighted by Crippen LogP contribution is -2.35. The van der Waals surface area contributed by atoms with Gasteiger partial charge in [0.15, 0.2) is 0 Å².